The van der Waals surface area contributed by atoms with E-state index in [1.807, 2.05) is 41.1 Å². The summed E-state index contributed by atoms with van der Waals surface area (Å²) in [4.78, 5) is 18.7. The topological polar surface area (TPSA) is 59.8 Å². The van der Waals surface area contributed by atoms with Crippen molar-refractivity contribution in [1.29, 1.82) is 0 Å². The van der Waals surface area contributed by atoms with Gasteiger partial charge in [0, 0.05) is 28.5 Å². The maximum atomic E-state index is 13.1. The Balaban J connectivity index is 1.63. The molecule has 0 saturated heterocycles. The number of benzene rings is 1. The first-order chi connectivity index (χ1) is 12.3. The second-order valence-corrected chi connectivity index (χ2v) is 7.38. The number of nitrogens with one attached hydrogen (secondary N) is 1. The van der Waals surface area contributed by atoms with Gasteiger partial charge in [0.2, 0.25) is 5.95 Å². The third kappa shape index (κ3) is 2.33. The van der Waals surface area contributed by atoms with Crippen molar-refractivity contribution in [3.63, 3.8) is 0 Å². The number of carbonyl (C=O) groups excluding carboxylic acids is 1. The van der Waals surface area contributed by atoms with E-state index >= 15 is 0 Å². The van der Waals surface area contributed by atoms with Gasteiger partial charge in [0.25, 0.3) is 0 Å². The molecule has 2 aliphatic rings. The number of rotatable bonds is 2. The average molecular weight is 348 g/mol. The molecule has 5 nitrogen and oxygen atoms in total. The van der Waals surface area contributed by atoms with Crippen molar-refractivity contribution in [2.75, 3.05) is 5.32 Å². The van der Waals surface area contributed by atoms with Crippen molar-refractivity contribution in [1.82, 2.24) is 14.8 Å². The Hall–Kier alpha value is -2.73. The number of allylic oxidation sites excluding steroid dienone is 2. The van der Waals surface area contributed by atoms with Crippen molar-refractivity contribution in [2.45, 2.75) is 24.8 Å². The minimum atomic E-state index is -0.202. The summed E-state index contributed by atoms with van der Waals surface area (Å²) in [5.74, 6) is 1.14. The number of nitrogens with zero attached hydrogens (tertiary/aromatic N) is 3. The summed E-state index contributed by atoms with van der Waals surface area (Å²) in [6.45, 7) is 0. The molecule has 124 valence electrons. The van der Waals surface area contributed by atoms with Crippen LogP contribution in [0.4, 0.5) is 5.95 Å². The van der Waals surface area contributed by atoms with Gasteiger partial charge in [0.15, 0.2) is 5.78 Å². The summed E-state index contributed by atoms with van der Waals surface area (Å²) < 4.78 is 1.82. The highest BCUT2D eigenvalue weighted by molar-refractivity contribution is 7.10. The fourth-order valence-electron chi connectivity index (χ4n) is 3.82. The SMILES string of the molecule is O=C1C[C@H](c2cccs2)CC2=C1[C@H](c1ccccc1)n1ncnc1N2. The van der Waals surface area contributed by atoms with Crippen LogP contribution in [0.3, 0.4) is 0 Å². The first kappa shape index (κ1) is 14.6. The van der Waals surface area contributed by atoms with Crippen molar-refractivity contribution >= 4 is 23.1 Å². The highest BCUT2D eigenvalue weighted by Crippen LogP contribution is 2.44. The fraction of sp³-hybridized carbons (Fsp3) is 0.211. The van der Waals surface area contributed by atoms with E-state index in [2.05, 4.69) is 26.8 Å². The molecule has 1 aromatic carbocycles. The zero-order chi connectivity index (χ0) is 16.8. The molecule has 1 aliphatic carbocycles. The normalized spacial score (nSPS) is 22.3. The largest absolute Gasteiger partial charge is 0.328 e. The highest BCUT2D eigenvalue weighted by Gasteiger charge is 2.39. The van der Waals surface area contributed by atoms with Crippen LogP contribution in [-0.4, -0.2) is 20.5 Å². The van der Waals surface area contributed by atoms with Crippen LogP contribution in [0, 0.1) is 0 Å². The summed E-state index contributed by atoms with van der Waals surface area (Å²) in [6, 6.07) is 14.0. The van der Waals surface area contributed by atoms with Gasteiger partial charge in [-0.15, -0.1) is 11.3 Å². The van der Waals surface area contributed by atoms with Crippen LogP contribution in [0.2, 0.25) is 0 Å². The lowest BCUT2D eigenvalue weighted by Gasteiger charge is -2.34. The number of thiophene rings is 1. The Labute approximate surface area is 149 Å². The molecule has 0 fully saturated rings. The Morgan fingerprint density at radius 2 is 2.00 bits per heavy atom. The average Bonchev–Trinajstić information content (AvgIpc) is 3.32. The highest BCUT2D eigenvalue weighted by atomic mass is 32.1. The van der Waals surface area contributed by atoms with Gasteiger partial charge in [0.05, 0.1) is 0 Å². The van der Waals surface area contributed by atoms with Crippen molar-refractivity contribution in [3.05, 3.63) is 75.9 Å². The van der Waals surface area contributed by atoms with Crippen LogP contribution in [0.25, 0.3) is 0 Å². The molecule has 0 bridgehead atoms. The lowest BCUT2D eigenvalue weighted by Crippen LogP contribution is -2.33. The second-order valence-electron chi connectivity index (χ2n) is 6.40. The van der Waals surface area contributed by atoms with E-state index < -0.39 is 0 Å². The van der Waals surface area contributed by atoms with Gasteiger partial charge >= 0.3 is 0 Å². The third-order valence-corrected chi connectivity index (χ3v) is 5.96. The van der Waals surface area contributed by atoms with E-state index in [9.17, 15) is 4.79 Å². The summed E-state index contributed by atoms with van der Waals surface area (Å²) in [7, 11) is 0. The predicted molar refractivity (Wildman–Crippen MR) is 96.6 cm³/mol. The van der Waals surface area contributed by atoms with Crippen LogP contribution in [0.1, 0.15) is 35.2 Å². The number of Topliss-reactive ketones (excluding diaryl/α,β-unsaturated/α-hetero) is 1. The zero-order valence-corrected chi connectivity index (χ0v) is 14.2. The minimum absolute atomic E-state index is 0.196. The van der Waals surface area contributed by atoms with Crippen molar-refractivity contribution in [3.8, 4) is 0 Å². The van der Waals surface area contributed by atoms with E-state index in [1.165, 1.54) is 11.2 Å². The van der Waals surface area contributed by atoms with E-state index in [0.717, 1.165) is 23.3 Å². The van der Waals surface area contributed by atoms with E-state index in [0.29, 0.717) is 12.4 Å². The van der Waals surface area contributed by atoms with Crippen LogP contribution >= 0.6 is 11.3 Å². The van der Waals surface area contributed by atoms with Crippen molar-refractivity contribution in [2.24, 2.45) is 0 Å². The van der Waals surface area contributed by atoms with E-state index in [1.54, 1.807) is 11.3 Å². The number of ketones is 1. The van der Waals surface area contributed by atoms with Gasteiger partial charge < -0.3 is 5.32 Å². The lowest BCUT2D eigenvalue weighted by atomic mass is 9.80. The number of carbonyl (C=O) groups is 1. The number of fused-ring (bicyclic) bond motifs is 1. The molecule has 0 saturated carbocycles. The van der Waals surface area contributed by atoms with Gasteiger partial charge in [0.1, 0.15) is 12.4 Å². The van der Waals surface area contributed by atoms with Crippen LogP contribution < -0.4 is 5.32 Å². The molecule has 0 unspecified atom stereocenters. The van der Waals surface area contributed by atoms with E-state index in [-0.39, 0.29) is 17.7 Å². The molecule has 3 aromatic rings. The Morgan fingerprint density at radius 1 is 1.12 bits per heavy atom. The summed E-state index contributed by atoms with van der Waals surface area (Å²) in [5.41, 5.74) is 2.88. The first-order valence-corrected chi connectivity index (χ1v) is 9.20. The Bertz CT molecular complexity index is 958. The molecule has 25 heavy (non-hydrogen) atoms. The zero-order valence-electron chi connectivity index (χ0n) is 13.4. The van der Waals surface area contributed by atoms with Gasteiger partial charge in [-0.05, 0) is 23.4 Å². The molecule has 0 radical (unpaired) electrons. The molecule has 2 atom stereocenters. The Morgan fingerprint density at radius 3 is 2.80 bits per heavy atom. The molecule has 2 aromatic heterocycles. The second kappa shape index (κ2) is 5.67. The molecular weight excluding hydrogens is 332 g/mol. The maximum absolute atomic E-state index is 13.1. The van der Waals surface area contributed by atoms with Gasteiger partial charge in [-0.25, -0.2) is 4.68 Å². The fourth-order valence-corrected chi connectivity index (χ4v) is 4.65. The first-order valence-electron chi connectivity index (χ1n) is 8.32. The summed E-state index contributed by atoms with van der Waals surface area (Å²) in [6.07, 6.45) is 2.92. The number of aromatic nitrogens is 3. The number of hydrogen-bond donors (Lipinski definition) is 1. The number of anilines is 1. The molecule has 1 N–H and O–H groups in total. The molecule has 5 rings (SSSR count). The third-order valence-electron chi connectivity index (χ3n) is 4.92. The molecule has 0 spiro atoms. The van der Waals surface area contributed by atoms with Crippen LogP contribution in [0.15, 0.2) is 65.4 Å². The molecular formula is C19H16N4OS. The maximum Gasteiger partial charge on any atom is 0.226 e. The molecule has 1 aliphatic heterocycles. The van der Waals surface area contributed by atoms with Crippen molar-refractivity contribution < 1.29 is 4.79 Å². The predicted octanol–water partition coefficient (Wildman–Crippen LogP) is 3.76. The van der Waals surface area contributed by atoms with E-state index in [4.69, 9.17) is 0 Å². The minimum Gasteiger partial charge on any atom is -0.328 e. The summed E-state index contributed by atoms with van der Waals surface area (Å²) in [5, 5.41) is 9.79. The molecule has 6 heteroatoms. The Kier molecular flexibility index (Phi) is 3.31. The molecule has 3 heterocycles. The monoisotopic (exact) mass is 348 g/mol. The summed E-state index contributed by atoms with van der Waals surface area (Å²) >= 11 is 1.72. The number of hydrogen-bond acceptors (Lipinski definition) is 5. The van der Waals surface area contributed by atoms with Crippen LogP contribution in [-0.2, 0) is 4.79 Å². The molecule has 0 amide bonds. The van der Waals surface area contributed by atoms with Crippen LogP contribution in [0.5, 0.6) is 0 Å². The van der Waals surface area contributed by atoms with Gasteiger partial charge in [-0.1, -0.05) is 36.4 Å². The standard InChI is InChI=1S/C19H16N4OS/c24-15-10-13(16-7-4-8-25-16)9-14-17(15)18(12-5-2-1-3-6-12)23-19(22-14)20-11-21-23/h1-8,11,13,18H,9-10H2,(H,20,21,22)/t13-,18+/m1/s1. The quantitative estimate of drug-likeness (QED) is 0.766. The van der Waals surface area contributed by atoms with Gasteiger partial charge in [-0.2, -0.15) is 10.1 Å². The van der Waals surface area contributed by atoms with Gasteiger partial charge in [-0.3, -0.25) is 4.79 Å². The lowest BCUT2D eigenvalue weighted by molar-refractivity contribution is -0.116. The smallest absolute Gasteiger partial charge is 0.226 e.